The lowest BCUT2D eigenvalue weighted by Gasteiger charge is -2.07. The van der Waals surface area contributed by atoms with Crippen molar-refractivity contribution in [3.63, 3.8) is 0 Å². The predicted molar refractivity (Wildman–Crippen MR) is 102 cm³/mol. The lowest BCUT2D eigenvalue weighted by atomic mass is 10.2. The molecule has 5 nitrogen and oxygen atoms in total. The number of nitrogens with zero attached hydrogens (tertiary/aromatic N) is 2. The summed E-state index contributed by atoms with van der Waals surface area (Å²) in [6.07, 6.45) is 1.70. The van der Waals surface area contributed by atoms with E-state index in [2.05, 4.69) is 31.1 Å². The normalized spacial score (nSPS) is 10.9. The number of hydrogen-bond donors (Lipinski definition) is 1. The van der Waals surface area contributed by atoms with E-state index in [0.29, 0.717) is 21.9 Å². The van der Waals surface area contributed by atoms with Crippen LogP contribution >= 0.6 is 27.5 Å². The van der Waals surface area contributed by atoms with Crippen LogP contribution in [0.2, 0.25) is 5.02 Å². The highest BCUT2D eigenvalue weighted by molar-refractivity contribution is 9.10. The van der Waals surface area contributed by atoms with Crippen LogP contribution in [-0.4, -0.2) is 22.3 Å². The fraction of sp³-hybridized carbons (Fsp3) is 0.111. The number of rotatable bonds is 6. The van der Waals surface area contributed by atoms with Crippen molar-refractivity contribution in [3.8, 4) is 5.75 Å². The third-order valence-corrected chi connectivity index (χ3v) is 4.51. The van der Waals surface area contributed by atoms with Crippen LogP contribution in [0.4, 0.5) is 14.6 Å². The van der Waals surface area contributed by atoms with Gasteiger partial charge in [0.2, 0.25) is 0 Å². The second kappa shape index (κ2) is 8.49. The minimum atomic E-state index is -2.96. The molecule has 0 saturated carbocycles. The maximum atomic E-state index is 12.4. The van der Waals surface area contributed by atoms with Crippen LogP contribution in [0.25, 0.3) is 0 Å². The Morgan fingerprint density at radius 3 is 2.78 bits per heavy atom. The van der Waals surface area contributed by atoms with Gasteiger partial charge in [-0.1, -0.05) is 35.9 Å². The Balaban J connectivity index is 1.73. The van der Waals surface area contributed by atoms with Gasteiger partial charge in [-0.05, 0) is 45.8 Å². The molecule has 0 radical (unpaired) electrons. The van der Waals surface area contributed by atoms with Crippen LogP contribution in [0.1, 0.15) is 15.9 Å². The number of aromatic nitrogens is 2. The van der Waals surface area contributed by atoms with E-state index in [1.165, 1.54) is 24.3 Å². The molecule has 27 heavy (non-hydrogen) atoms. The zero-order chi connectivity index (χ0) is 19.4. The monoisotopic (exact) mass is 455 g/mol. The van der Waals surface area contributed by atoms with Crippen molar-refractivity contribution < 1.29 is 18.3 Å². The molecule has 1 aromatic heterocycles. The molecular weight excluding hydrogens is 444 g/mol. The first-order valence-corrected chi connectivity index (χ1v) is 8.92. The van der Waals surface area contributed by atoms with Crippen molar-refractivity contribution in [1.82, 2.24) is 9.78 Å². The number of anilines is 1. The summed E-state index contributed by atoms with van der Waals surface area (Å²) < 4.78 is 31.1. The van der Waals surface area contributed by atoms with Crippen molar-refractivity contribution in [2.75, 3.05) is 5.32 Å². The van der Waals surface area contributed by atoms with Crippen molar-refractivity contribution in [3.05, 3.63) is 75.4 Å². The number of nitrogens with one attached hydrogen (secondary N) is 1. The summed E-state index contributed by atoms with van der Waals surface area (Å²) in [6, 6.07) is 12.9. The van der Waals surface area contributed by atoms with Gasteiger partial charge in [0, 0.05) is 16.8 Å². The smallest absolute Gasteiger partial charge is 0.387 e. The molecule has 0 atom stereocenters. The Labute approximate surface area is 167 Å². The summed E-state index contributed by atoms with van der Waals surface area (Å²) in [7, 11) is 0. The second-order valence-electron chi connectivity index (χ2n) is 5.48. The molecule has 3 aromatic rings. The van der Waals surface area contributed by atoms with Crippen LogP contribution in [0.5, 0.6) is 5.75 Å². The van der Waals surface area contributed by atoms with E-state index in [1.807, 2.05) is 18.2 Å². The standard InChI is InChI=1S/C18H13BrClF2N3O2/c19-14-10-25(9-12-4-1-2-7-15(12)20)24-16(14)23-17(26)11-5-3-6-13(8-11)27-18(21)22/h1-8,10,18H,9H2,(H,23,24,26). The molecule has 0 unspecified atom stereocenters. The highest BCUT2D eigenvalue weighted by Crippen LogP contribution is 2.24. The van der Waals surface area contributed by atoms with Gasteiger partial charge in [-0.2, -0.15) is 13.9 Å². The van der Waals surface area contributed by atoms with E-state index in [9.17, 15) is 13.6 Å². The zero-order valence-corrected chi connectivity index (χ0v) is 16.0. The summed E-state index contributed by atoms with van der Waals surface area (Å²) in [6.45, 7) is -2.54. The van der Waals surface area contributed by atoms with Crippen molar-refractivity contribution >= 4 is 39.3 Å². The summed E-state index contributed by atoms with van der Waals surface area (Å²) in [5.74, 6) is -0.299. The molecule has 140 valence electrons. The molecule has 1 amide bonds. The summed E-state index contributed by atoms with van der Waals surface area (Å²) >= 11 is 9.49. The fourth-order valence-electron chi connectivity index (χ4n) is 2.36. The number of carbonyl (C=O) groups is 1. The maximum absolute atomic E-state index is 12.4. The van der Waals surface area contributed by atoms with Gasteiger partial charge in [-0.3, -0.25) is 9.48 Å². The molecule has 1 heterocycles. The number of alkyl halides is 2. The molecule has 1 N–H and O–H groups in total. The molecule has 0 spiro atoms. The first kappa shape index (κ1) is 19.3. The molecule has 0 aliphatic heterocycles. The quantitative estimate of drug-likeness (QED) is 0.555. The van der Waals surface area contributed by atoms with Crippen LogP contribution < -0.4 is 10.1 Å². The van der Waals surface area contributed by atoms with Gasteiger partial charge in [0.25, 0.3) is 5.91 Å². The van der Waals surface area contributed by atoms with E-state index in [1.54, 1.807) is 16.9 Å². The topological polar surface area (TPSA) is 56.2 Å². The van der Waals surface area contributed by atoms with Gasteiger partial charge >= 0.3 is 6.61 Å². The van der Waals surface area contributed by atoms with Gasteiger partial charge < -0.3 is 10.1 Å². The summed E-state index contributed by atoms with van der Waals surface area (Å²) in [5.41, 5.74) is 1.05. The highest BCUT2D eigenvalue weighted by Gasteiger charge is 2.14. The number of benzene rings is 2. The molecule has 0 saturated heterocycles. The molecule has 2 aromatic carbocycles. The van der Waals surface area contributed by atoms with Crippen molar-refractivity contribution in [1.29, 1.82) is 0 Å². The Bertz CT molecular complexity index is 965. The molecule has 0 aliphatic carbocycles. The lowest BCUT2D eigenvalue weighted by Crippen LogP contribution is -2.13. The Morgan fingerprint density at radius 2 is 2.04 bits per heavy atom. The Hall–Kier alpha value is -2.45. The van der Waals surface area contributed by atoms with Gasteiger partial charge in [-0.15, -0.1) is 0 Å². The van der Waals surface area contributed by atoms with E-state index >= 15 is 0 Å². The molecule has 0 bridgehead atoms. The SMILES string of the molecule is O=C(Nc1nn(Cc2ccccc2Cl)cc1Br)c1cccc(OC(F)F)c1. The Morgan fingerprint density at radius 1 is 1.26 bits per heavy atom. The number of hydrogen-bond acceptors (Lipinski definition) is 3. The third kappa shape index (κ3) is 5.05. The minimum absolute atomic E-state index is 0.0963. The highest BCUT2D eigenvalue weighted by atomic mass is 79.9. The molecule has 0 fully saturated rings. The average Bonchev–Trinajstić information content (AvgIpc) is 2.96. The number of halogens is 4. The number of carbonyl (C=O) groups excluding carboxylic acids is 1. The van der Waals surface area contributed by atoms with Crippen LogP contribution in [0.3, 0.4) is 0 Å². The first-order valence-electron chi connectivity index (χ1n) is 7.75. The predicted octanol–water partition coefficient (Wildman–Crippen LogP) is 5.20. The largest absolute Gasteiger partial charge is 0.435 e. The van der Waals surface area contributed by atoms with E-state index < -0.39 is 12.5 Å². The lowest BCUT2D eigenvalue weighted by molar-refractivity contribution is -0.0498. The summed E-state index contributed by atoms with van der Waals surface area (Å²) in [5, 5.41) is 7.56. The molecular formula is C18H13BrClF2N3O2. The average molecular weight is 457 g/mol. The maximum Gasteiger partial charge on any atom is 0.387 e. The van der Waals surface area contributed by atoms with Crippen LogP contribution in [0, 0.1) is 0 Å². The Kier molecular flexibility index (Phi) is 6.08. The molecule has 9 heteroatoms. The second-order valence-corrected chi connectivity index (χ2v) is 6.74. The van der Waals surface area contributed by atoms with Gasteiger partial charge in [0.1, 0.15) is 5.75 Å². The number of ether oxygens (including phenoxy) is 1. The molecule has 0 aliphatic rings. The van der Waals surface area contributed by atoms with E-state index in [0.717, 1.165) is 5.56 Å². The van der Waals surface area contributed by atoms with E-state index in [4.69, 9.17) is 11.6 Å². The van der Waals surface area contributed by atoms with Crippen LogP contribution in [-0.2, 0) is 6.54 Å². The fourth-order valence-corrected chi connectivity index (χ4v) is 2.97. The minimum Gasteiger partial charge on any atom is -0.435 e. The summed E-state index contributed by atoms with van der Waals surface area (Å²) in [4.78, 5) is 12.4. The van der Waals surface area contributed by atoms with Gasteiger partial charge in [-0.25, -0.2) is 0 Å². The van der Waals surface area contributed by atoms with Crippen molar-refractivity contribution in [2.45, 2.75) is 13.2 Å². The van der Waals surface area contributed by atoms with Gasteiger partial charge in [0.15, 0.2) is 5.82 Å². The third-order valence-electron chi connectivity index (χ3n) is 3.56. The van der Waals surface area contributed by atoms with E-state index in [-0.39, 0.29) is 11.3 Å². The number of amides is 1. The first-order chi connectivity index (χ1) is 12.9. The molecule has 3 rings (SSSR count). The van der Waals surface area contributed by atoms with Crippen molar-refractivity contribution in [2.24, 2.45) is 0 Å². The van der Waals surface area contributed by atoms with Gasteiger partial charge in [0.05, 0.1) is 11.0 Å². The van der Waals surface area contributed by atoms with Crippen LogP contribution in [0.15, 0.2) is 59.2 Å². The zero-order valence-electron chi connectivity index (χ0n) is 13.7.